The lowest BCUT2D eigenvalue weighted by Crippen LogP contribution is -2.35. The summed E-state index contributed by atoms with van der Waals surface area (Å²) in [6, 6.07) is -0.106. The highest BCUT2D eigenvalue weighted by atomic mass is 16.6. The molecule has 0 aromatic heterocycles. The van der Waals surface area contributed by atoms with E-state index >= 15 is 0 Å². The molecule has 2 amide bonds. The Labute approximate surface area is 58.8 Å². The quantitative estimate of drug-likeness (QED) is 0.492. The highest BCUT2D eigenvalue weighted by Gasteiger charge is 2.32. The first-order valence-corrected chi connectivity index (χ1v) is 3.09. The standard InChI is InChI=1S/C6H9NO3/c1-4-3-10-6(9)7(4)5(2)8/h4H,3H2,1-2H3. The van der Waals surface area contributed by atoms with E-state index in [4.69, 9.17) is 0 Å². The van der Waals surface area contributed by atoms with Gasteiger partial charge in [0.1, 0.15) is 6.61 Å². The molecule has 4 nitrogen and oxygen atoms in total. The van der Waals surface area contributed by atoms with Gasteiger partial charge in [0.25, 0.3) is 0 Å². The molecular weight excluding hydrogens is 134 g/mol. The second-order valence-corrected chi connectivity index (χ2v) is 2.31. The Hall–Kier alpha value is -1.06. The third kappa shape index (κ3) is 0.964. The molecule has 1 aliphatic rings. The highest BCUT2D eigenvalue weighted by Crippen LogP contribution is 2.10. The number of carbonyl (C=O) groups is 2. The topological polar surface area (TPSA) is 46.6 Å². The fourth-order valence-electron chi connectivity index (χ4n) is 0.955. The molecule has 0 N–H and O–H groups in total. The predicted octanol–water partition coefficient (Wildman–Crippen LogP) is 0.374. The molecule has 1 fully saturated rings. The summed E-state index contributed by atoms with van der Waals surface area (Å²) in [5.41, 5.74) is 0. The van der Waals surface area contributed by atoms with Crippen LogP contribution in [0.4, 0.5) is 4.79 Å². The Balaban J connectivity index is 2.72. The minimum Gasteiger partial charge on any atom is -0.447 e. The van der Waals surface area contributed by atoms with Crippen LogP contribution in [0.2, 0.25) is 0 Å². The van der Waals surface area contributed by atoms with Crippen LogP contribution in [0.15, 0.2) is 0 Å². The molecule has 1 saturated heterocycles. The van der Waals surface area contributed by atoms with E-state index in [2.05, 4.69) is 4.74 Å². The molecule has 1 atom stereocenters. The van der Waals surface area contributed by atoms with Crippen molar-refractivity contribution in [3.63, 3.8) is 0 Å². The molecular formula is C6H9NO3. The maximum absolute atomic E-state index is 10.7. The third-order valence-electron chi connectivity index (χ3n) is 1.42. The van der Waals surface area contributed by atoms with Gasteiger partial charge < -0.3 is 4.74 Å². The van der Waals surface area contributed by atoms with E-state index < -0.39 is 6.09 Å². The number of rotatable bonds is 0. The zero-order chi connectivity index (χ0) is 7.72. The number of imide groups is 1. The SMILES string of the molecule is CC(=O)N1C(=O)OCC1C. The van der Waals surface area contributed by atoms with Gasteiger partial charge in [-0.1, -0.05) is 0 Å². The summed E-state index contributed by atoms with van der Waals surface area (Å²) in [5.74, 6) is -0.255. The highest BCUT2D eigenvalue weighted by molar-refractivity contribution is 5.92. The molecule has 0 aromatic carbocycles. The predicted molar refractivity (Wildman–Crippen MR) is 33.3 cm³/mol. The van der Waals surface area contributed by atoms with Crippen LogP contribution in [0.5, 0.6) is 0 Å². The van der Waals surface area contributed by atoms with Crippen LogP contribution in [0, 0.1) is 0 Å². The van der Waals surface area contributed by atoms with Crippen molar-refractivity contribution in [3.8, 4) is 0 Å². The molecule has 1 unspecified atom stereocenters. The van der Waals surface area contributed by atoms with Gasteiger partial charge in [0.05, 0.1) is 6.04 Å². The van der Waals surface area contributed by atoms with Crippen molar-refractivity contribution in [3.05, 3.63) is 0 Å². The molecule has 0 aliphatic carbocycles. The average molecular weight is 143 g/mol. The minimum absolute atomic E-state index is 0.106. The fraction of sp³-hybridized carbons (Fsp3) is 0.667. The molecule has 0 saturated carbocycles. The summed E-state index contributed by atoms with van der Waals surface area (Å²) in [4.78, 5) is 22.5. The number of ether oxygens (including phenoxy) is 1. The van der Waals surface area contributed by atoms with Gasteiger partial charge in [-0.15, -0.1) is 0 Å². The van der Waals surface area contributed by atoms with E-state index in [0.29, 0.717) is 6.61 Å². The lowest BCUT2D eigenvalue weighted by atomic mass is 10.3. The largest absolute Gasteiger partial charge is 0.447 e. The van der Waals surface area contributed by atoms with Crippen molar-refractivity contribution in [2.45, 2.75) is 19.9 Å². The van der Waals surface area contributed by atoms with E-state index in [0.717, 1.165) is 4.90 Å². The van der Waals surface area contributed by atoms with Gasteiger partial charge in [-0.3, -0.25) is 4.79 Å². The summed E-state index contributed by atoms with van der Waals surface area (Å²) in [7, 11) is 0. The van der Waals surface area contributed by atoms with E-state index in [1.54, 1.807) is 6.92 Å². The van der Waals surface area contributed by atoms with Crippen LogP contribution in [0.3, 0.4) is 0 Å². The van der Waals surface area contributed by atoms with Gasteiger partial charge >= 0.3 is 6.09 Å². The first-order valence-electron chi connectivity index (χ1n) is 3.09. The van der Waals surface area contributed by atoms with Crippen molar-refractivity contribution in [1.29, 1.82) is 0 Å². The molecule has 10 heavy (non-hydrogen) atoms. The second kappa shape index (κ2) is 2.28. The van der Waals surface area contributed by atoms with E-state index in [1.165, 1.54) is 6.92 Å². The van der Waals surface area contributed by atoms with Gasteiger partial charge in [0.15, 0.2) is 0 Å². The average Bonchev–Trinajstić information content (AvgIpc) is 2.11. The van der Waals surface area contributed by atoms with Crippen LogP contribution in [0.1, 0.15) is 13.8 Å². The normalized spacial score (nSPS) is 24.8. The molecule has 1 aliphatic heterocycles. The van der Waals surface area contributed by atoms with Crippen molar-refractivity contribution in [2.24, 2.45) is 0 Å². The maximum atomic E-state index is 10.7. The summed E-state index contributed by atoms with van der Waals surface area (Å²) in [6.45, 7) is 3.44. The van der Waals surface area contributed by atoms with Gasteiger partial charge in [-0.2, -0.15) is 0 Å². The molecule has 4 heteroatoms. The summed E-state index contributed by atoms with van der Waals surface area (Å²) in [6.07, 6.45) is -0.528. The Morgan fingerprint density at radius 3 is 2.60 bits per heavy atom. The molecule has 0 spiro atoms. The molecule has 0 aromatic rings. The number of carbonyl (C=O) groups excluding carboxylic acids is 2. The molecule has 1 rings (SSSR count). The van der Waals surface area contributed by atoms with Crippen molar-refractivity contribution in [2.75, 3.05) is 6.61 Å². The first kappa shape index (κ1) is 7.05. The lowest BCUT2D eigenvalue weighted by Gasteiger charge is -2.11. The number of amides is 2. The van der Waals surface area contributed by atoms with Crippen molar-refractivity contribution in [1.82, 2.24) is 4.90 Å². The molecule has 0 bridgehead atoms. The van der Waals surface area contributed by atoms with Gasteiger partial charge in [-0.05, 0) is 6.92 Å². The zero-order valence-electron chi connectivity index (χ0n) is 5.96. The van der Waals surface area contributed by atoms with E-state index in [1.807, 2.05) is 0 Å². The van der Waals surface area contributed by atoms with E-state index in [-0.39, 0.29) is 11.9 Å². The monoisotopic (exact) mass is 143 g/mol. The van der Waals surface area contributed by atoms with Crippen LogP contribution in [-0.4, -0.2) is 29.5 Å². The summed E-state index contributed by atoms with van der Waals surface area (Å²) in [5, 5.41) is 0. The Morgan fingerprint density at radius 2 is 2.40 bits per heavy atom. The maximum Gasteiger partial charge on any atom is 0.416 e. The third-order valence-corrected chi connectivity index (χ3v) is 1.42. The minimum atomic E-state index is -0.528. The number of nitrogens with zero attached hydrogens (tertiary/aromatic N) is 1. The van der Waals surface area contributed by atoms with Gasteiger partial charge in [0.2, 0.25) is 5.91 Å². The Kier molecular flexibility index (Phi) is 1.61. The van der Waals surface area contributed by atoms with Crippen LogP contribution in [-0.2, 0) is 9.53 Å². The van der Waals surface area contributed by atoms with Gasteiger partial charge in [0, 0.05) is 6.92 Å². The Morgan fingerprint density at radius 1 is 1.80 bits per heavy atom. The van der Waals surface area contributed by atoms with Crippen LogP contribution >= 0.6 is 0 Å². The summed E-state index contributed by atoms with van der Waals surface area (Å²) >= 11 is 0. The molecule has 1 heterocycles. The van der Waals surface area contributed by atoms with Crippen LogP contribution in [0.25, 0.3) is 0 Å². The smallest absolute Gasteiger partial charge is 0.416 e. The fourth-order valence-corrected chi connectivity index (χ4v) is 0.955. The number of hydrogen-bond acceptors (Lipinski definition) is 3. The summed E-state index contributed by atoms with van der Waals surface area (Å²) < 4.78 is 4.61. The lowest BCUT2D eigenvalue weighted by molar-refractivity contribution is -0.126. The second-order valence-electron chi connectivity index (χ2n) is 2.31. The van der Waals surface area contributed by atoms with Gasteiger partial charge in [-0.25, -0.2) is 9.69 Å². The van der Waals surface area contributed by atoms with E-state index in [9.17, 15) is 9.59 Å². The molecule has 56 valence electrons. The Bertz CT molecular complexity index is 178. The number of hydrogen-bond donors (Lipinski definition) is 0. The first-order chi connectivity index (χ1) is 4.63. The van der Waals surface area contributed by atoms with Crippen LogP contribution < -0.4 is 0 Å². The molecule has 0 radical (unpaired) electrons. The number of cyclic esters (lactones) is 1. The zero-order valence-corrected chi connectivity index (χ0v) is 5.96. The van der Waals surface area contributed by atoms with Crippen molar-refractivity contribution >= 4 is 12.0 Å². The van der Waals surface area contributed by atoms with Crippen molar-refractivity contribution < 1.29 is 14.3 Å².